The summed E-state index contributed by atoms with van der Waals surface area (Å²) in [6, 6.07) is 16.0. The fourth-order valence-electron chi connectivity index (χ4n) is 3.52. The van der Waals surface area contributed by atoms with E-state index >= 15 is 0 Å². The highest BCUT2D eigenvalue weighted by atomic mass is 16.3. The predicted molar refractivity (Wildman–Crippen MR) is 108 cm³/mol. The lowest BCUT2D eigenvalue weighted by molar-refractivity contribution is -0.132. The standard InChI is InChI=1S/C23H18N2O4/c1-14-7-8-18(26)17(13-14)25-20(15-5-3-2-4-6-15)19(22(28)23(25)29)21(27)16-9-11-24-12-10-16/h2-13,20,26-27H,1H3/b21-19+. The zero-order valence-corrected chi connectivity index (χ0v) is 15.6. The molecule has 2 N–H and O–H groups in total. The van der Waals surface area contributed by atoms with Crippen molar-refractivity contribution in [2.75, 3.05) is 4.90 Å². The smallest absolute Gasteiger partial charge is 0.300 e. The van der Waals surface area contributed by atoms with Gasteiger partial charge in [0.25, 0.3) is 11.7 Å². The molecule has 29 heavy (non-hydrogen) atoms. The van der Waals surface area contributed by atoms with E-state index in [4.69, 9.17) is 0 Å². The molecule has 2 heterocycles. The third-order valence-corrected chi connectivity index (χ3v) is 4.90. The molecular formula is C23H18N2O4. The van der Waals surface area contributed by atoms with Crippen molar-refractivity contribution in [2.24, 2.45) is 0 Å². The van der Waals surface area contributed by atoms with Crippen molar-refractivity contribution in [1.82, 2.24) is 4.98 Å². The summed E-state index contributed by atoms with van der Waals surface area (Å²) in [7, 11) is 0. The van der Waals surface area contributed by atoms with Gasteiger partial charge in [-0.2, -0.15) is 0 Å². The minimum atomic E-state index is -0.878. The molecule has 0 aliphatic carbocycles. The first-order valence-electron chi connectivity index (χ1n) is 9.05. The molecule has 0 saturated carbocycles. The minimum Gasteiger partial charge on any atom is -0.507 e. The van der Waals surface area contributed by atoms with Crippen molar-refractivity contribution >= 4 is 23.1 Å². The number of carbonyl (C=O) groups excluding carboxylic acids is 2. The van der Waals surface area contributed by atoms with Crippen molar-refractivity contribution in [3.8, 4) is 5.75 Å². The van der Waals surface area contributed by atoms with Crippen LogP contribution in [0.3, 0.4) is 0 Å². The molecule has 6 heteroatoms. The van der Waals surface area contributed by atoms with Crippen LogP contribution in [-0.4, -0.2) is 26.9 Å². The lowest BCUT2D eigenvalue weighted by atomic mass is 9.95. The highest BCUT2D eigenvalue weighted by Gasteiger charge is 2.47. The second kappa shape index (κ2) is 7.24. The third-order valence-electron chi connectivity index (χ3n) is 4.90. The summed E-state index contributed by atoms with van der Waals surface area (Å²) in [6.07, 6.45) is 2.99. The number of aromatic nitrogens is 1. The monoisotopic (exact) mass is 386 g/mol. The first-order chi connectivity index (χ1) is 14.0. The average molecular weight is 386 g/mol. The topological polar surface area (TPSA) is 90.7 Å². The lowest BCUT2D eigenvalue weighted by Gasteiger charge is -2.26. The highest BCUT2D eigenvalue weighted by Crippen LogP contribution is 2.44. The van der Waals surface area contributed by atoms with Gasteiger partial charge < -0.3 is 10.2 Å². The zero-order valence-electron chi connectivity index (χ0n) is 15.6. The van der Waals surface area contributed by atoms with Crippen LogP contribution in [0.15, 0.2) is 78.6 Å². The Kier molecular flexibility index (Phi) is 4.60. The van der Waals surface area contributed by atoms with Gasteiger partial charge in [0.15, 0.2) is 0 Å². The van der Waals surface area contributed by atoms with Crippen LogP contribution in [0.5, 0.6) is 5.75 Å². The van der Waals surface area contributed by atoms with Crippen LogP contribution in [0.1, 0.15) is 22.7 Å². The molecule has 1 saturated heterocycles. The summed E-state index contributed by atoms with van der Waals surface area (Å²) in [5.41, 5.74) is 2.03. The fourth-order valence-corrected chi connectivity index (χ4v) is 3.52. The molecule has 6 nitrogen and oxygen atoms in total. The van der Waals surface area contributed by atoms with E-state index in [2.05, 4.69) is 4.98 Å². The summed E-state index contributed by atoms with van der Waals surface area (Å²) in [4.78, 5) is 31.1. The Morgan fingerprint density at radius 2 is 1.69 bits per heavy atom. The number of aliphatic hydroxyl groups is 1. The van der Waals surface area contributed by atoms with Crippen LogP contribution in [0.4, 0.5) is 5.69 Å². The van der Waals surface area contributed by atoms with E-state index in [9.17, 15) is 19.8 Å². The lowest BCUT2D eigenvalue weighted by Crippen LogP contribution is -2.29. The van der Waals surface area contributed by atoms with E-state index in [0.29, 0.717) is 11.1 Å². The number of ketones is 1. The summed E-state index contributed by atoms with van der Waals surface area (Å²) in [5.74, 6) is -2.03. The number of hydrogen-bond acceptors (Lipinski definition) is 5. The fraction of sp³-hybridized carbons (Fsp3) is 0.0870. The summed E-state index contributed by atoms with van der Waals surface area (Å²) >= 11 is 0. The number of Topliss-reactive ketones (excluding diaryl/α,β-unsaturated/α-hetero) is 1. The Balaban J connectivity index is 1.98. The maximum Gasteiger partial charge on any atom is 0.300 e. The Bertz CT molecular complexity index is 1120. The number of phenolic OH excluding ortho intramolecular Hbond substituents is 1. The molecule has 1 aliphatic heterocycles. The van der Waals surface area contributed by atoms with Gasteiger partial charge >= 0.3 is 0 Å². The number of anilines is 1. The van der Waals surface area contributed by atoms with Gasteiger partial charge in [-0.05, 0) is 42.3 Å². The molecule has 4 rings (SSSR count). The molecule has 0 spiro atoms. The van der Waals surface area contributed by atoms with Gasteiger partial charge in [0.05, 0.1) is 17.3 Å². The first kappa shape index (κ1) is 18.4. The number of rotatable bonds is 3. The second-order valence-corrected chi connectivity index (χ2v) is 6.81. The Morgan fingerprint density at radius 3 is 2.38 bits per heavy atom. The molecule has 1 atom stereocenters. The molecule has 1 aliphatic rings. The van der Waals surface area contributed by atoms with Gasteiger partial charge in [-0.25, -0.2) is 0 Å². The Labute approximate surface area is 167 Å². The maximum atomic E-state index is 13.0. The normalized spacial score (nSPS) is 18.2. The van der Waals surface area contributed by atoms with Crippen LogP contribution in [0, 0.1) is 6.92 Å². The number of hydrogen-bond donors (Lipinski definition) is 2. The molecule has 2 aromatic carbocycles. The van der Waals surface area contributed by atoms with Crippen molar-refractivity contribution in [3.63, 3.8) is 0 Å². The second-order valence-electron chi connectivity index (χ2n) is 6.81. The number of phenols is 1. The quantitative estimate of drug-likeness (QED) is 0.407. The summed E-state index contributed by atoms with van der Waals surface area (Å²) in [5, 5.41) is 21.3. The molecule has 144 valence electrons. The maximum absolute atomic E-state index is 13.0. The van der Waals surface area contributed by atoms with Gasteiger partial charge in [0.1, 0.15) is 11.5 Å². The molecule has 1 unspecified atom stereocenters. The Morgan fingerprint density at radius 1 is 1.00 bits per heavy atom. The summed E-state index contributed by atoms with van der Waals surface area (Å²) in [6.45, 7) is 1.83. The highest BCUT2D eigenvalue weighted by molar-refractivity contribution is 6.51. The van der Waals surface area contributed by atoms with Crippen molar-refractivity contribution < 1.29 is 19.8 Å². The first-order valence-corrected chi connectivity index (χ1v) is 9.05. The van der Waals surface area contributed by atoms with E-state index in [-0.39, 0.29) is 22.8 Å². The van der Waals surface area contributed by atoms with Gasteiger partial charge in [0.2, 0.25) is 0 Å². The van der Waals surface area contributed by atoms with Gasteiger partial charge in [-0.1, -0.05) is 36.4 Å². The van der Waals surface area contributed by atoms with Crippen molar-refractivity contribution in [3.05, 3.63) is 95.3 Å². The van der Waals surface area contributed by atoms with Crippen LogP contribution < -0.4 is 4.90 Å². The van der Waals surface area contributed by atoms with E-state index in [1.54, 1.807) is 48.5 Å². The number of nitrogens with zero attached hydrogens (tertiary/aromatic N) is 2. The van der Waals surface area contributed by atoms with Crippen LogP contribution in [0.2, 0.25) is 0 Å². The molecule has 1 aromatic heterocycles. The molecule has 3 aromatic rings. The minimum absolute atomic E-state index is 0.0340. The van der Waals surface area contributed by atoms with Crippen molar-refractivity contribution in [2.45, 2.75) is 13.0 Å². The SMILES string of the molecule is Cc1ccc(O)c(N2C(=O)C(=O)/C(=C(/O)c3ccncc3)C2c2ccccc2)c1. The number of aromatic hydroxyl groups is 1. The zero-order chi connectivity index (χ0) is 20.5. The molecule has 1 fully saturated rings. The molecular weight excluding hydrogens is 368 g/mol. The van der Waals surface area contributed by atoms with Gasteiger partial charge in [-0.3, -0.25) is 19.5 Å². The number of aliphatic hydroxyl groups excluding tert-OH is 1. The number of benzene rings is 2. The van der Waals surface area contributed by atoms with Crippen molar-refractivity contribution in [1.29, 1.82) is 0 Å². The predicted octanol–water partition coefficient (Wildman–Crippen LogP) is 3.72. The van der Waals surface area contributed by atoms with E-state index < -0.39 is 17.7 Å². The van der Waals surface area contributed by atoms with E-state index in [1.165, 1.54) is 23.4 Å². The third kappa shape index (κ3) is 3.14. The van der Waals surface area contributed by atoms with Crippen LogP contribution in [0.25, 0.3) is 5.76 Å². The number of carbonyl (C=O) groups is 2. The van der Waals surface area contributed by atoms with Crippen LogP contribution in [-0.2, 0) is 9.59 Å². The number of aryl methyl sites for hydroxylation is 1. The Hall–Kier alpha value is -3.93. The summed E-state index contributed by atoms with van der Waals surface area (Å²) < 4.78 is 0. The molecule has 1 amide bonds. The molecule has 0 radical (unpaired) electrons. The van der Waals surface area contributed by atoms with Crippen LogP contribution >= 0.6 is 0 Å². The van der Waals surface area contributed by atoms with Gasteiger partial charge in [-0.15, -0.1) is 0 Å². The van der Waals surface area contributed by atoms with Gasteiger partial charge in [0, 0.05) is 18.0 Å². The number of amides is 1. The van der Waals surface area contributed by atoms with E-state index in [1.807, 2.05) is 13.0 Å². The largest absolute Gasteiger partial charge is 0.507 e. The number of pyridine rings is 1. The molecule has 0 bridgehead atoms. The van der Waals surface area contributed by atoms with E-state index in [0.717, 1.165) is 5.56 Å². The average Bonchev–Trinajstić information content (AvgIpc) is 3.01.